The molecular weight excluding hydrogens is 401 g/mol. The van der Waals surface area contributed by atoms with Gasteiger partial charge in [-0.2, -0.15) is 0 Å². The number of sulfonamides is 1. The maximum Gasteiger partial charge on any atom is 0.273 e. The SMILES string of the molecule is CC(c1cccc(S(N)(=O)=O)c1)N(C)C(=O)c1csc(-c2ccccc2F)n1. The summed E-state index contributed by atoms with van der Waals surface area (Å²) in [4.78, 5) is 18.5. The predicted octanol–water partition coefficient (Wildman–Crippen LogP) is 3.43. The highest BCUT2D eigenvalue weighted by Crippen LogP contribution is 2.28. The molecule has 0 saturated carbocycles. The summed E-state index contributed by atoms with van der Waals surface area (Å²) in [5.74, 6) is -0.760. The Morgan fingerprint density at radius 3 is 2.61 bits per heavy atom. The first-order valence-electron chi connectivity index (χ1n) is 8.29. The summed E-state index contributed by atoms with van der Waals surface area (Å²) in [6.07, 6.45) is 0. The number of nitrogens with two attached hydrogens (primary N) is 1. The zero-order valence-corrected chi connectivity index (χ0v) is 16.8. The number of hydrogen-bond acceptors (Lipinski definition) is 5. The Hall–Kier alpha value is -2.62. The second-order valence-electron chi connectivity index (χ2n) is 6.23. The number of halogens is 1. The van der Waals surface area contributed by atoms with Crippen molar-refractivity contribution in [3.05, 3.63) is 71.0 Å². The van der Waals surface area contributed by atoms with Crippen LogP contribution in [0.2, 0.25) is 0 Å². The summed E-state index contributed by atoms with van der Waals surface area (Å²) in [5.41, 5.74) is 1.15. The molecule has 28 heavy (non-hydrogen) atoms. The van der Waals surface area contributed by atoms with Crippen LogP contribution in [0.5, 0.6) is 0 Å². The lowest BCUT2D eigenvalue weighted by atomic mass is 10.1. The third-order valence-corrected chi connectivity index (χ3v) is 6.18. The van der Waals surface area contributed by atoms with E-state index in [1.807, 2.05) is 0 Å². The van der Waals surface area contributed by atoms with Crippen LogP contribution in [0.1, 0.15) is 29.0 Å². The standard InChI is InChI=1S/C19H18FN3O3S2/c1-12(13-6-5-7-14(10-13)28(21,25)26)23(2)19(24)17-11-27-18(22-17)15-8-3-4-9-16(15)20/h3-12H,1-2H3,(H2,21,25,26). The zero-order valence-electron chi connectivity index (χ0n) is 15.2. The fraction of sp³-hybridized carbons (Fsp3) is 0.158. The van der Waals surface area contributed by atoms with Gasteiger partial charge in [-0.05, 0) is 36.8 Å². The van der Waals surface area contributed by atoms with Crippen LogP contribution in [-0.2, 0) is 10.0 Å². The average molecular weight is 420 g/mol. The number of nitrogens with zero attached hydrogens (tertiary/aromatic N) is 2. The van der Waals surface area contributed by atoms with E-state index >= 15 is 0 Å². The first-order valence-corrected chi connectivity index (χ1v) is 10.7. The van der Waals surface area contributed by atoms with Gasteiger partial charge in [0.1, 0.15) is 16.5 Å². The molecule has 0 aliphatic heterocycles. The van der Waals surface area contributed by atoms with Crippen molar-refractivity contribution in [3.8, 4) is 10.6 Å². The van der Waals surface area contributed by atoms with Gasteiger partial charge in [0.25, 0.3) is 5.91 Å². The van der Waals surface area contributed by atoms with E-state index in [2.05, 4.69) is 4.98 Å². The molecule has 0 aliphatic carbocycles. The van der Waals surface area contributed by atoms with Crippen LogP contribution in [0.15, 0.2) is 58.8 Å². The lowest BCUT2D eigenvalue weighted by Gasteiger charge is -2.25. The molecule has 6 nitrogen and oxygen atoms in total. The fourth-order valence-electron chi connectivity index (χ4n) is 2.66. The van der Waals surface area contributed by atoms with Crippen LogP contribution in [0, 0.1) is 5.82 Å². The van der Waals surface area contributed by atoms with Gasteiger partial charge in [0, 0.05) is 18.0 Å². The second kappa shape index (κ2) is 7.78. The van der Waals surface area contributed by atoms with E-state index in [9.17, 15) is 17.6 Å². The highest BCUT2D eigenvalue weighted by Gasteiger charge is 2.23. The van der Waals surface area contributed by atoms with Crippen LogP contribution < -0.4 is 5.14 Å². The summed E-state index contributed by atoms with van der Waals surface area (Å²) in [6, 6.07) is 11.9. The van der Waals surface area contributed by atoms with E-state index in [1.54, 1.807) is 49.7 Å². The largest absolute Gasteiger partial charge is 0.334 e. The number of benzene rings is 2. The third-order valence-electron chi connectivity index (χ3n) is 4.40. The van der Waals surface area contributed by atoms with Crippen LogP contribution in [0.4, 0.5) is 4.39 Å². The van der Waals surface area contributed by atoms with Crippen molar-refractivity contribution in [2.24, 2.45) is 5.14 Å². The summed E-state index contributed by atoms with van der Waals surface area (Å²) >= 11 is 1.18. The van der Waals surface area contributed by atoms with Crippen molar-refractivity contribution >= 4 is 27.3 Å². The van der Waals surface area contributed by atoms with Crippen LogP contribution in [-0.4, -0.2) is 31.3 Å². The molecule has 0 fully saturated rings. The van der Waals surface area contributed by atoms with Gasteiger partial charge in [-0.3, -0.25) is 4.79 Å². The number of primary sulfonamides is 1. The van der Waals surface area contributed by atoms with Gasteiger partial charge in [-0.25, -0.2) is 22.9 Å². The van der Waals surface area contributed by atoms with E-state index in [4.69, 9.17) is 5.14 Å². The zero-order chi connectivity index (χ0) is 20.5. The Morgan fingerprint density at radius 1 is 1.21 bits per heavy atom. The Balaban J connectivity index is 1.84. The molecule has 0 aliphatic rings. The monoisotopic (exact) mass is 419 g/mol. The van der Waals surface area contributed by atoms with Crippen LogP contribution >= 0.6 is 11.3 Å². The molecule has 3 rings (SSSR count). The Kier molecular flexibility index (Phi) is 5.59. The summed E-state index contributed by atoms with van der Waals surface area (Å²) < 4.78 is 37.1. The van der Waals surface area contributed by atoms with Crippen molar-refractivity contribution in [1.82, 2.24) is 9.88 Å². The predicted molar refractivity (Wildman–Crippen MR) is 106 cm³/mol. The number of rotatable bonds is 5. The van der Waals surface area contributed by atoms with Gasteiger partial charge in [0.15, 0.2) is 0 Å². The number of aromatic nitrogens is 1. The first kappa shape index (κ1) is 20.1. The van der Waals surface area contributed by atoms with E-state index in [0.717, 1.165) is 0 Å². The van der Waals surface area contributed by atoms with Crippen molar-refractivity contribution in [3.63, 3.8) is 0 Å². The lowest BCUT2D eigenvalue weighted by molar-refractivity contribution is 0.0737. The topological polar surface area (TPSA) is 93.4 Å². The molecule has 1 heterocycles. The molecule has 1 amide bonds. The molecule has 1 aromatic heterocycles. The molecule has 1 atom stereocenters. The molecule has 0 saturated heterocycles. The molecule has 146 valence electrons. The maximum atomic E-state index is 13.9. The summed E-state index contributed by atoms with van der Waals surface area (Å²) in [6.45, 7) is 1.77. The van der Waals surface area contributed by atoms with Gasteiger partial charge < -0.3 is 4.90 Å². The number of carbonyl (C=O) groups excluding carboxylic acids is 1. The minimum absolute atomic E-state index is 0.0202. The van der Waals surface area contributed by atoms with E-state index in [-0.39, 0.29) is 16.5 Å². The Labute approximate surface area is 166 Å². The summed E-state index contributed by atoms with van der Waals surface area (Å²) in [5, 5.41) is 7.17. The van der Waals surface area contributed by atoms with E-state index < -0.39 is 21.9 Å². The smallest absolute Gasteiger partial charge is 0.273 e. The minimum Gasteiger partial charge on any atom is -0.334 e. The van der Waals surface area contributed by atoms with Gasteiger partial charge >= 0.3 is 0 Å². The summed E-state index contributed by atoms with van der Waals surface area (Å²) in [7, 11) is -2.24. The number of amides is 1. The lowest BCUT2D eigenvalue weighted by Crippen LogP contribution is -2.30. The maximum absolute atomic E-state index is 13.9. The second-order valence-corrected chi connectivity index (χ2v) is 8.65. The first-order chi connectivity index (χ1) is 13.2. The van der Waals surface area contributed by atoms with E-state index in [0.29, 0.717) is 16.1 Å². The van der Waals surface area contributed by atoms with Crippen molar-refractivity contribution in [2.45, 2.75) is 17.9 Å². The molecule has 0 bridgehead atoms. The van der Waals surface area contributed by atoms with Crippen molar-refractivity contribution < 1.29 is 17.6 Å². The Morgan fingerprint density at radius 2 is 1.93 bits per heavy atom. The molecule has 9 heteroatoms. The van der Waals surface area contributed by atoms with Gasteiger partial charge in [0.2, 0.25) is 10.0 Å². The third kappa shape index (κ3) is 4.11. The van der Waals surface area contributed by atoms with Crippen molar-refractivity contribution in [1.29, 1.82) is 0 Å². The molecule has 2 N–H and O–H groups in total. The molecule has 1 unspecified atom stereocenters. The quantitative estimate of drug-likeness (QED) is 0.686. The van der Waals surface area contributed by atoms with Crippen LogP contribution in [0.3, 0.4) is 0 Å². The number of carbonyl (C=O) groups is 1. The Bertz CT molecular complexity index is 1130. The van der Waals surface area contributed by atoms with E-state index in [1.165, 1.54) is 34.4 Å². The van der Waals surface area contributed by atoms with Crippen molar-refractivity contribution in [2.75, 3.05) is 7.05 Å². The molecular formula is C19H18FN3O3S2. The number of hydrogen-bond donors (Lipinski definition) is 1. The molecule has 2 aromatic carbocycles. The van der Waals surface area contributed by atoms with Gasteiger partial charge in [-0.1, -0.05) is 24.3 Å². The molecule has 0 spiro atoms. The van der Waals surface area contributed by atoms with Gasteiger partial charge in [-0.15, -0.1) is 11.3 Å². The number of thiazole rings is 1. The average Bonchev–Trinajstić information content (AvgIpc) is 3.16. The normalized spacial score (nSPS) is 12.6. The van der Waals surface area contributed by atoms with Crippen LogP contribution in [0.25, 0.3) is 10.6 Å². The highest BCUT2D eigenvalue weighted by molar-refractivity contribution is 7.89. The molecule has 0 radical (unpaired) electrons. The fourth-order valence-corrected chi connectivity index (χ4v) is 4.05. The minimum atomic E-state index is -3.84. The molecule has 3 aromatic rings. The highest BCUT2D eigenvalue weighted by atomic mass is 32.2. The van der Waals surface area contributed by atoms with Gasteiger partial charge in [0.05, 0.1) is 10.9 Å².